The predicted octanol–water partition coefficient (Wildman–Crippen LogP) is 1.30. The first kappa shape index (κ1) is 13.1. The molecule has 100 valence electrons. The van der Waals surface area contributed by atoms with Gasteiger partial charge in [-0.2, -0.15) is 0 Å². The van der Waals surface area contributed by atoms with Gasteiger partial charge < -0.3 is 10.6 Å². The molecule has 1 fully saturated rings. The van der Waals surface area contributed by atoms with Crippen LogP contribution in [0, 0.1) is 0 Å². The topological polar surface area (TPSA) is 63.4 Å². The molecule has 18 heavy (non-hydrogen) atoms. The summed E-state index contributed by atoms with van der Waals surface area (Å²) in [5.41, 5.74) is 6.32. The molecule has 2 aliphatic rings. The van der Waals surface area contributed by atoms with Gasteiger partial charge in [0.1, 0.15) is 12.2 Å². The van der Waals surface area contributed by atoms with Gasteiger partial charge in [0.2, 0.25) is 11.8 Å². The van der Waals surface area contributed by atoms with Crippen LogP contribution in [-0.2, 0) is 9.59 Å². The van der Waals surface area contributed by atoms with E-state index in [-0.39, 0.29) is 18.9 Å². The maximum absolute atomic E-state index is 13.3. The van der Waals surface area contributed by atoms with Crippen LogP contribution in [0.15, 0.2) is 11.6 Å². The molecule has 0 radical (unpaired) electrons. The number of likely N-dealkylation sites (tertiary alicyclic amines) is 1. The molecule has 1 aliphatic heterocycles. The SMILES string of the molecule is NC(=O)[C@@H]1C[C@@H](F)CN1C(=O)CC1=CCCCC1. The van der Waals surface area contributed by atoms with Crippen molar-refractivity contribution < 1.29 is 14.0 Å². The van der Waals surface area contributed by atoms with E-state index in [1.807, 2.05) is 0 Å². The molecule has 1 aliphatic carbocycles. The molecule has 2 rings (SSSR count). The van der Waals surface area contributed by atoms with Crippen molar-refractivity contribution in [1.82, 2.24) is 4.90 Å². The van der Waals surface area contributed by atoms with E-state index < -0.39 is 18.1 Å². The van der Waals surface area contributed by atoms with Crippen molar-refractivity contribution in [2.24, 2.45) is 5.73 Å². The molecule has 2 N–H and O–H groups in total. The number of carbonyl (C=O) groups is 2. The van der Waals surface area contributed by atoms with E-state index in [0.717, 1.165) is 31.3 Å². The normalized spacial score (nSPS) is 28.1. The third-order valence-electron chi connectivity index (χ3n) is 3.66. The molecule has 2 amide bonds. The van der Waals surface area contributed by atoms with Gasteiger partial charge in [-0.05, 0) is 25.7 Å². The molecular weight excluding hydrogens is 235 g/mol. The number of amides is 2. The molecule has 0 unspecified atom stereocenters. The lowest BCUT2D eigenvalue weighted by molar-refractivity contribution is -0.136. The van der Waals surface area contributed by atoms with Crippen LogP contribution in [0.25, 0.3) is 0 Å². The monoisotopic (exact) mass is 254 g/mol. The first-order valence-corrected chi connectivity index (χ1v) is 6.48. The number of hydrogen-bond acceptors (Lipinski definition) is 2. The van der Waals surface area contributed by atoms with E-state index in [9.17, 15) is 14.0 Å². The Balaban J connectivity index is 1.99. The Morgan fingerprint density at radius 2 is 2.22 bits per heavy atom. The Kier molecular flexibility index (Phi) is 3.99. The second-order valence-corrected chi connectivity index (χ2v) is 5.08. The standard InChI is InChI=1S/C13H19FN2O2/c14-10-7-11(13(15)18)16(8-10)12(17)6-9-4-2-1-3-5-9/h4,10-11H,1-3,5-8H2,(H2,15,18)/t10-,11+/m1/s1. The van der Waals surface area contributed by atoms with Crippen molar-refractivity contribution >= 4 is 11.8 Å². The third kappa shape index (κ3) is 2.89. The number of allylic oxidation sites excluding steroid dienone is 1. The van der Waals surface area contributed by atoms with E-state index in [0.29, 0.717) is 6.42 Å². The van der Waals surface area contributed by atoms with Crippen LogP contribution < -0.4 is 5.73 Å². The zero-order valence-electron chi connectivity index (χ0n) is 10.4. The number of carbonyl (C=O) groups excluding carboxylic acids is 2. The van der Waals surface area contributed by atoms with Gasteiger partial charge in [-0.15, -0.1) is 0 Å². The molecule has 0 saturated carbocycles. The largest absolute Gasteiger partial charge is 0.368 e. The highest BCUT2D eigenvalue weighted by molar-refractivity contribution is 5.88. The summed E-state index contributed by atoms with van der Waals surface area (Å²) in [6.07, 6.45) is 5.50. The number of nitrogens with two attached hydrogens (primary N) is 1. The van der Waals surface area contributed by atoms with Crippen LogP contribution in [0.1, 0.15) is 38.5 Å². The van der Waals surface area contributed by atoms with Gasteiger partial charge in [0.25, 0.3) is 0 Å². The van der Waals surface area contributed by atoms with Crippen molar-refractivity contribution in [3.05, 3.63) is 11.6 Å². The Labute approximate surface area is 106 Å². The molecule has 1 heterocycles. The maximum Gasteiger partial charge on any atom is 0.240 e. The Morgan fingerprint density at radius 3 is 2.83 bits per heavy atom. The second kappa shape index (κ2) is 5.50. The minimum absolute atomic E-state index is 0.000278. The van der Waals surface area contributed by atoms with E-state index in [1.165, 1.54) is 4.90 Å². The Morgan fingerprint density at radius 1 is 1.44 bits per heavy atom. The summed E-state index contributed by atoms with van der Waals surface area (Å²) >= 11 is 0. The molecule has 0 aromatic heterocycles. The fourth-order valence-electron chi connectivity index (χ4n) is 2.69. The van der Waals surface area contributed by atoms with Crippen LogP contribution in [0.4, 0.5) is 4.39 Å². The molecule has 0 aromatic carbocycles. The lowest BCUT2D eigenvalue weighted by Gasteiger charge is -2.23. The van der Waals surface area contributed by atoms with Gasteiger partial charge in [-0.3, -0.25) is 9.59 Å². The van der Waals surface area contributed by atoms with Gasteiger partial charge in [-0.1, -0.05) is 11.6 Å². The highest BCUT2D eigenvalue weighted by atomic mass is 19.1. The van der Waals surface area contributed by atoms with Crippen LogP contribution >= 0.6 is 0 Å². The minimum atomic E-state index is -1.13. The quantitative estimate of drug-likeness (QED) is 0.772. The Bertz CT molecular complexity index is 381. The van der Waals surface area contributed by atoms with Crippen molar-refractivity contribution in [2.75, 3.05) is 6.54 Å². The molecule has 4 nitrogen and oxygen atoms in total. The predicted molar refractivity (Wildman–Crippen MR) is 65.4 cm³/mol. The lowest BCUT2D eigenvalue weighted by Crippen LogP contribution is -2.43. The van der Waals surface area contributed by atoms with Crippen LogP contribution in [0.3, 0.4) is 0 Å². The van der Waals surface area contributed by atoms with Crippen molar-refractivity contribution in [3.8, 4) is 0 Å². The first-order valence-electron chi connectivity index (χ1n) is 6.48. The summed E-state index contributed by atoms with van der Waals surface area (Å²) in [5.74, 6) is -0.784. The van der Waals surface area contributed by atoms with Crippen molar-refractivity contribution in [2.45, 2.75) is 50.7 Å². The fraction of sp³-hybridized carbons (Fsp3) is 0.692. The molecule has 2 atom stereocenters. The number of primary amides is 1. The van der Waals surface area contributed by atoms with Crippen LogP contribution in [0.2, 0.25) is 0 Å². The summed E-state index contributed by atoms with van der Waals surface area (Å²) in [6, 6.07) is -0.767. The highest BCUT2D eigenvalue weighted by Gasteiger charge is 2.38. The smallest absolute Gasteiger partial charge is 0.240 e. The number of nitrogens with zero attached hydrogens (tertiary/aromatic N) is 1. The molecule has 0 spiro atoms. The Hall–Kier alpha value is -1.39. The average Bonchev–Trinajstić information content (AvgIpc) is 2.73. The van der Waals surface area contributed by atoms with Gasteiger partial charge in [0, 0.05) is 12.8 Å². The summed E-state index contributed by atoms with van der Waals surface area (Å²) in [5, 5.41) is 0. The lowest BCUT2D eigenvalue weighted by atomic mass is 9.97. The van der Waals surface area contributed by atoms with Crippen LogP contribution in [0.5, 0.6) is 0 Å². The molecule has 0 aromatic rings. The molecule has 0 bridgehead atoms. The highest BCUT2D eigenvalue weighted by Crippen LogP contribution is 2.25. The molecule has 1 saturated heterocycles. The zero-order chi connectivity index (χ0) is 13.1. The summed E-state index contributed by atoms with van der Waals surface area (Å²) in [4.78, 5) is 24.6. The number of hydrogen-bond donors (Lipinski definition) is 1. The minimum Gasteiger partial charge on any atom is -0.368 e. The zero-order valence-corrected chi connectivity index (χ0v) is 10.4. The van der Waals surface area contributed by atoms with Gasteiger partial charge >= 0.3 is 0 Å². The summed E-state index contributed by atoms with van der Waals surface area (Å²) < 4.78 is 13.3. The van der Waals surface area contributed by atoms with Crippen LogP contribution in [-0.4, -0.2) is 35.5 Å². The van der Waals surface area contributed by atoms with Gasteiger partial charge in [0.05, 0.1) is 6.54 Å². The summed E-state index contributed by atoms with van der Waals surface area (Å²) in [7, 11) is 0. The van der Waals surface area contributed by atoms with Crippen molar-refractivity contribution in [3.63, 3.8) is 0 Å². The number of rotatable bonds is 3. The molecular formula is C13H19FN2O2. The maximum atomic E-state index is 13.3. The van der Waals surface area contributed by atoms with E-state index in [2.05, 4.69) is 6.08 Å². The second-order valence-electron chi connectivity index (χ2n) is 5.08. The van der Waals surface area contributed by atoms with E-state index in [4.69, 9.17) is 5.73 Å². The van der Waals surface area contributed by atoms with E-state index in [1.54, 1.807) is 0 Å². The van der Waals surface area contributed by atoms with E-state index >= 15 is 0 Å². The first-order chi connectivity index (χ1) is 8.58. The number of alkyl halides is 1. The fourth-order valence-corrected chi connectivity index (χ4v) is 2.69. The number of halogens is 1. The summed E-state index contributed by atoms with van der Waals surface area (Å²) in [6.45, 7) is -0.000278. The third-order valence-corrected chi connectivity index (χ3v) is 3.66. The molecule has 5 heteroatoms. The van der Waals surface area contributed by atoms with Gasteiger partial charge in [0.15, 0.2) is 0 Å². The van der Waals surface area contributed by atoms with Crippen molar-refractivity contribution in [1.29, 1.82) is 0 Å². The van der Waals surface area contributed by atoms with Gasteiger partial charge in [-0.25, -0.2) is 4.39 Å². The average molecular weight is 254 g/mol.